The van der Waals surface area contributed by atoms with Crippen molar-refractivity contribution < 1.29 is 0 Å². The Morgan fingerprint density at radius 1 is 1.25 bits per heavy atom. The van der Waals surface area contributed by atoms with E-state index in [1.165, 1.54) is 58.2 Å². The molecule has 16 heavy (non-hydrogen) atoms. The maximum atomic E-state index is 3.74. The van der Waals surface area contributed by atoms with Gasteiger partial charge in [-0.2, -0.15) is 0 Å². The third-order valence-corrected chi connectivity index (χ3v) is 3.47. The van der Waals surface area contributed by atoms with Gasteiger partial charge in [-0.05, 0) is 58.7 Å². The van der Waals surface area contributed by atoms with Gasteiger partial charge in [0.15, 0.2) is 0 Å². The van der Waals surface area contributed by atoms with Crippen LogP contribution in [0.3, 0.4) is 0 Å². The quantitative estimate of drug-likeness (QED) is 0.478. The average Bonchev–Trinajstić information content (AvgIpc) is 2.81. The first-order chi connectivity index (χ1) is 7.84. The molecule has 1 saturated heterocycles. The molecule has 2 heteroatoms. The molecular formula is C14H28N2. The summed E-state index contributed by atoms with van der Waals surface area (Å²) < 4.78 is 0. The topological polar surface area (TPSA) is 15.3 Å². The van der Waals surface area contributed by atoms with Crippen LogP contribution in [0.2, 0.25) is 0 Å². The van der Waals surface area contributed by atoms with Crippen LogP contribution in [0.5, 0.6) is 0 Å². The summed E-state index contributed by atoms with van der Waals surface area (Å²) in [7, 11) is 0. The van der Waals surface area contributed by atoms with E-state index in [0.717, 1.165) is 12.6 Å². The molecule has 0 aromatic rings. The lowest BCUT2D eigenvalue weighted by molar-refractivity contribution is 0.252. The van der Waals surface area contributed by atoms with Crippen molar-refractivity contribution in [2.45, 2.75) is 51.5 Å². The number of rotatable bonds is 9. The van der Waals surface area contributed by atoms with Gasteiger partial charge < -0.3 is 5.32 Å². The van der Waals surface area contributed by atoms with Gasteiger partial charge in [0.05, 0.1) is 0 Å². The molecule has 0 aliphatic carbocycles. The van der Waals surface area contributed by atoms with Crippen LogP contribution in [0.25, 0.3) is 0 Å². The van der Waals surface area contributed by atoms with E-state index in [-0.39, 0.29) is 0 Å². The van der Waals surface area contributed by atoms with E-state index >= 15 is 0 Å². The van der Waals surface area contributed by atoms with Crippen LogP contribution in [0, 0.1) is 0 Å². The fourth-order valence-corrected chi connectivity index (χ4v) is 2.34. The second-order valence-corrected chi connectivity index (χ2v) is 4.93. The van der Waals surface area contributed by atoms with Crippen LogP contribution in [0.15, 0.2) is 12.7 Å². The highest BCUT2D eigenvalue weighted by Crippen LogP contribution is 2.10. The molecule has 0 radical (unpaired) electrons. The number of nitrogens with zero attached hydrogens (tertiary/aromatic N) is 1. The van der Waals surface area contributed by atoms with Gasteiger partial charge in [-0.1, -0.05) is 12.5 Å². The molecular weight excluding hydrogens is 196 g/mol. The van der Waals surface area contributed by atoms with E-state index in [4.69, 9.17) is 0 Å². The van der Waals surface area contributed by atoms with Crippen molar-refractivity contribution in [2.24, 2.45) is 0 Å². The van der Waals surface area contributed by atoms with Gasteiger partial charge >= 0.3 is 0 Å². The Bertz CT molecular complexity index is 174. The number of allylic oxidation sites excluding steroid dienone is 1. The zero-order valence-electron chi connectivity index (χ0n) is 10.9. The van der Waals surface area contributed by atoms with Crippen molar-refractivity contribution in [1.29, 1.82) is 0 Å². The molecule has 2 nitrogen and oxygen atoms in total. The standard InChI is InChI=1S/C14H28N2/c1-3-4-5-6-7-10-15-13-14(2)16-11-8-9-12-16/h3,14-15H,1,4-13H2,2H3. The smallest absolute Gasteiger partial charge is 0.0192 e. The van der Waals surface area contributed by atoms with Crippen LogP contribution in [0.4, 0.5) is 0 Å². The lowest BCUT2D eigenvalue weighted by atomic mass is 10.2. The van der Waals surface area contributed by atoms with E-state index in [2.05, 4.69) is 23.7 Å². The van der Waals surface area contributed by atoms with Gasteiger partial charge in [0.1, 0.15) is 0 Å². The molecule has 1 rings (SSSR count). The monoisotopic (exact) mass is 224 g/mol. The Kier molecular flexibility index (Phi) is 7.52. The normalized spacial score (nSPS) is 18.8. The number of hydrogen-bond acceptors (Lipinski definition) is 2. The minimum absolute atomic E-state index is 0.718. The Balaban J connectivity index is 1.88. The molecule has 0 saturated carbocycles. The van der Waals surface area contributed by atoms with Crippen LogP contribution >= 0.6 is 0 Å². The average molecular weight is 224 g/mol. The highest BCUT2D eigenvalue weighted by atomic mass is 15.2. The van der Waals surface area contributed by atoms with Gasteiger partial charge in [-0.15, -0.1) is 6.58 Å². The highest BCUT2D eigenvalue weighted by molar-refractivity contribution is 4.74. The summed E-state index contributed by atoms with van der Waals surface area (Å²) in [5.41, 5.74) is 0. The third kappa shape index (κ3) is 5.66. The van der Waals surface area contributed by atoms with Crippen molar-refractivity contribution in [3.63, 3.8) is 0 Å². The van der Waals surface area contributed by atoms with Crippen molar-refractivity contribution in [3.8, 4) is 0 Å². The zero-order chi connectivity index (χ0) is 11.6. The van der Waals surface area contributed by atoms with E-state index in [1.807, 2.05) is 6.08 Å². The number of likely N-dealkylation sites (tertiary alicyclic amines) is 1. The Labute approximate surface area is 101 Å². The summed E-state index contributed by atoms with van der Waals surface area (Å²) in [6, 6.07) is 0.718. The maximum absolute atomic E-state index is 3.74. The van der Waals surface area contributed by atoms with Gasteiger partial charge in [0.25, 0.3) is 0 Å². The molecule has 0 spiro atoms. The molecule has 0 aromatic carbocycles. The minimum Gasteiger partial charge on any atom is -0.315 e. The first kappa shape index (κ1) is 13.7. The van der Waals surface area contributed by atoms with Gasteiger partial charge in [0, 0.05) is 12.6 Å². The fourth-order valence-electron chi connectivity index (χ4n) is 2.34. The number of nitrogens with one attached hydrogen (secondary N) is 1. The predicted octanol–water partition coefficient (Wildman–Crippen LogP) is 2.81. The molecule has 1 heterocycles. The highest BCUT2D eigenvalue weighted by Gasteiger charge is 2.16. The molecule has 0 bridgehead atoms. The summed E-state index contributed by atoms with van der Waals surface area (Å²) in [6.07, 6.45) is 9.91. The van der Waals surface area contributed by atoms with Crippen molar-refractivity contribution in [1.82, 2.24) is 10.2 Å². The predicted molar refractivity (Wildman–Crippen MR) is 71.8 cm³/mol. The summed E-state index contributed by atoms with van der Waals surface area (Å²) in [5.74, 6) is 0. The molecule has 0 amide bonds. The second kappa shape index (κ2) is 8.77. The molecule has 0 aromatic heterocycles. The maximum Gasteiger partial charge on any atom is 0.0192 e. The SMILES string of the molecule is C=CCCCCCNCC(C)N1CCCC1. The second-order valence-electron chi connectivity index (χ2n) is 4.93. The number of unbranched alkanes of at least 4 members (excludes halogenated alkanes) is 3. The third-order valence-electron chi connectivity index (χ3n) is 3.47. The van der Waals surface area contributed by atoms with E-state index < -0.39 is 0 Å². The van der Waals surface area contributed by atoms with Crippen molar-refractivity contribution in [2.75, 3.05) is 26.2 Å². The molecule has 1 aliphatic rings. The Morgan fingerprint density at radius 2 is 2.00 bits per heavy atom. The molecule has 94 valence electrons. The van der Waals surface area contributed by atoms with Crippen LogP contribution in [-0.4, -0.2) is 37.1 Å². The Hall–Kier alpha value is -0.340. The van der Waals surface area contributed by atoms with Crippen molar-refractivity contribution in [3.05, 3.63) is 12.7 Å². The molecule has 1 fully saturated rings. The minimum atomic E-state index is 0.718. The largest absolute Gasteiger partial charge is 0.315 e. The lowest BCUT2D eigenvalue weighted by Gasteiger charge is -2.23. The fraction of sp³-hybridized carbons (Fsp3) is 0.857. The molecule has 1 aliphatic heterocycles. The summed E-state index contributed by atoms with van der Waals surface area (Å²) >= 11 is 0. The first-order valence-electron chi connectivity index (χ1n) is 6.90. The first-order valence-corrected chi connectivity index (χ1v) is 6.90. The summed E-state index contributed by atoms with van der Waals surface area (Å²) in [5, 5.41) is 3.57. The van der Waals surface area contributed by atoms with E-state index in [1.54, 1.807) is 0 Å². The van der Waals surface area contributed by atoms with Crippen LogP contribution in [-0.2, 0) is 0 Å². The van der Waals surface area contributed by atoms with Crippen molar-refractivity contribution >= 4 is 0 Å². The Morgan fingerprint density at radius 3 is 2.69 bits per heavy atom. The lowest BCUT2D eigenvalue weighted by Crippen LogP contribution is -2.38. The van der Waals surface area contributed by atoms with E-state index in [9.17, 15) is 0 Å². The summed E-state index contributed by atoms with van der Waals surface area (Å²) in [4.78, 5) is 2.60. The van der Waals surface area contributed by atoms with Gasteiger partial charge in [-0.3, -0.25) is 4.90 Å². The van der Waals surface area contributed by atoms with Gasteiger partial charge in [0.2, 0.25) is 0 Å². The van der Waals surface area contributed by atoms with Crippen LogP contribution in [0.1, 0.15) is 45.4 Å². The van der Waals surface area contributed by atoms with E-state index in [0.29, 0.717) is 0 Å². The number of hydrogen-bond donors (Lipinski definition) is 1. The van der Waals surface area contributed by atoms with Crippen LogP contribution < -0.4 is 5.32 Å². The van der Waals surface area contributed by atoms with Gasteiger partial charge in [-0.25, -0.2) is 0 Å². The molecule has 1 N–H and O–H groups in total. The summed E-state index contributed by atoms with van der Waals surface area (Å²) in [6.45, 7) is 11.0. The molecule has 1 atom stereocenters. The zero-order valence-corrected chi connectivity index (χ0v) is 10.9. The molecule has 1 unspecified atom stereocenters.